The maximum Gasteiger partial charge on any atom is 0.238 e. The summed E-state index contributed by atoms with van der Waals surface area (Å²) in [6.07, 6.45) is 3.90. The SMILES string of the molecule is CC(C(=O)NC1CCCC1)S(=O)(=O)c1cc2c(cc1Cl)OCCO2. The van der Waals surface area contributed by atoms with Crippen molar-refractivity contribution in [1.29, 1.82) is 0 Å². The molecule has 0 radical (unpaired) electrons. The Kier molecular flexibility index (Phi) is 4.92. The van der Waals surface area contributed by atoms with E-state index < -0.39 is 21.0 Å². The van der Waals surface area contributed by atoms with Crippen LogP contribution >= 0.6 is 11.6 Å². The van der Waals surface area contributed by atoms with Crippen LogP contribution in [-0.4, -0.2) is 38.8 Å². The summed E-state index contributed by atoms with van der Waals surface area (Å²) in [5, 5.41) is 1.62. The minimum Gasteiger partial charge on any atom is -0.486 e. The first-order valence-electron chi connectivity index (χ1n) is 8.03. The van der Waals surface area contributed by atoms with Crippen molar-refractivity contribution in [3.8, 4) is 11.5 Å². The highest BCUT2D eigenvalue weighted by molar-refractivity contribution is 7.92. The molecule has 1 amide bonds. The molecule has 1 unspecified atom stereocenters. The van der Waals surface area contributed by atoms with Crippen LogP contribution in [0.3, 0.4) is 0 Å². The summed E-state index contributed by atoms with van der Waals surface area (Å²) < 4.78 is 36.4. The molecule has 1 fully saturated rings. The number of rotatable bonds is 4. The van der Waals surface area contributed by atoms with Gasteiger partial charge in [0.2, 0.25) is 5.91 Å². The number of carbonyl (C=O) groups excluding carboxylic acids is 1. The quantitative estimate of drug-likeness (QED) is 0.875. The van der Waals surface area contributed by atoms with Crippen LogP contribution in [0.15, 0.2) is 17.0 Å². The number of nitrogens with one attached hydrogen (secondary N) is 1. The first-order chi connectivity index (χ1) is 11.4. The van der Waals surface area contributed by atoms with Gasteiger partial charge in [0.15, 0.2) is 21.3 Å². The van der Waals surface area contributed by atoms with Gasteiger partial charge in [-0.2, -0.15) is 0 Å². The van der Waals surface area contributed by atoms with E-state index in [1.165, 1.54) is 19.1 Å². The molecule has 132 valence electrons. The van der Waals surface area contributed by atoms with Gasteiger partial charge in [0, 0.05) is 18.2 Å². The molecule has 1 heterocycles. The van der Waals surface area contributed by atoms with E-state index in [0.29, 0.717) is 24.7 Å². The molecule has 1 aromatic carbocycles. The van der Waals surface area contributed by atoms with Crippen LogP contribution in [0.25, 0.3) is 0 Å². The van der Waals surface area contributed by atoms with E-state index in [-0.39, 0.29) is 16.0 Å². The van der Waals surface area contributed by atoms with Crippen LogP contribution in [0.5, 0.6) is 11.5 Å². The fourth-order valence-electron chi connectivity index (χ4n) is 2.98. The van der Waals surface area contributed by atoms with Gasteiger partial charge in [-0.05, 0) is 19.8 Å². The molecule has 2 aliphatic rings. The van der Waals surface area contributed by atoms with Gasteiger partial charge in [-0.3, -0.25) is 4.79 Å². The number of hydrogen-bond donors (Lipinski definition) is 1. The van der Waals surface area contributed by atoms with Crippen LogP contribution in [0, 0.1) is 0 Å². The monoisotopic (exact) mass is 373 g/mol. The molecular weight excluding hydrogens is 354 g/mol. The number of halogens is 1. The zero-order chi connectivity index (χ0) is 17.3. The predicted molar refractivity (Wildman–Crippen MR) is 89.5 cm³/mol. The van der Waals surface area contributed by atoms with Crippen molar-refractivity contribution in [3.63, 3.8) is 0 Å². The first-order valence-corrected chi connectivity index (χ1v) is 9.95. The highest BCUT2D eigenvalue weighted by Gasteiger charge is 2.34. The molecule has 24 heavy (non-hydrogen) atoms. The van der Waals surface area contributed by atoms with E-state index in [1.807, 2.05) is 0 Å². The Labute approximate surface area is 146 Å². The van der Waals surface area contributed by atoms with E-state index >= 15 is 0 Å². The summed E-state index contributed by atoms with van der Waals surface area (Å²) in [5.74, 6) is 0.244. The lowest BCUT2D eigenvalue weighted by atomic mass is 10.2. The first kappa shape index (κ1) is 17.4. The van der Waals surface area contributed by atoms with E-state index in [4.69, 9.17) is 21.1 Å². The topological polar surface area (TPSA) is 81.7 Å². The standard InChI is InChI=1S/C16H20ClNO5S/c1-10(16(19)18-11-4-2-3-5-11)24(20,21)15-9-14-13(8-12(15)17)22-6-7-23-14/h8-11H,2-7H2,1H3,(H,18,19). The summed E-state index contributed by atoms with van der Waals surface area (Å²) in [7, 11) is -3.92. The molecule has 1 aliphatic carbocycles. The number of amides is 1. The molecule has 1 saturated carbocycles. The van der Waals surface area contributed by atoms with E-state index in [0.717, 1.165) is 25.7 Å². The van der Waals surface area contributed by atoms with E-state index in [9.17, 15) is 13.2 Å². The molecule has 0 bridgehead atoms. The second-order valence-corrected chi connectivity index (χ2v) is 8.75. The Morgan fingerprint density at radius 1 is 1.21 bits per heavy atom. The summed E-state index contributed by atoms with van der Waals surface area (Å²) in [6.45, 7) is 2.11. The highest BCUT2D eigenvalue weighted by Crippen LogP contribution is 2.38. The molecule has 0 spiro atoms. The van der Waals surface area contributed by atoms with Crippen molar-refractivity contribution >= 4 is 27.3 Å². The van der Waals surface area contributed by atoms with Gasteiger partial charge >= 0.3 is 0 Å². The number of sulfone groups is 1. The second-order valence-electron chi connectivity index (χ2n) is 6.10. The van der Waals surface area contributed by atoms with Gasteiger partial charge in [0.1, 0.15) is 18.5 Å². The molecule has 1 N–H and O–H groups in total. The van der Waals surface area contributed by atoms with Crippen LogP contribution in [0.2, 0.25) is 5.02 Å². The van der Waals surface area contributed by atoms with Gasteiger partial charge in [-0.1, -0.05) is 24.4 Å². The average Bonchev–Trinajstić information content (AvgIpc) is 3.06. The van der Waals surface area contributed by atoms with Crippen LogP contribution in [0.1, 0.15) is 32.6 Å². The third kappa shape index (κ3) is 3.32. The molecule has 6 nitrogen and oxygen atoms in total. The molecule has 8 heteroatoms. The minimum atomic E-state index is -3.92. The summed E-state index contributed by atoms with van der Waals surface area (Å²) in [5.41, 5.74) is 0. The van der Waals surface area contributed by atoms with Gasteiger partial charge in [0.05, 0.1) is 9.92 Å². The summed E-state index contributed by atoms with van der Waals surface area (Å²) >= 11 is 6.12. The number of ether oxygens (including phenoxy) is 2. The molecule has 1 atom stereocenters. The van der Waals surface area contributed by atoms with Gasteiger partial charge in [-0.15, -0.1) is 0 Å². The van der Waals surface area contributed by atoms with Crippen molar-refractivity contribution in [2.45, 2.75) is 48.8 Å². The lowest BCUT2D eigenvalue weighted by Crippen LogP contribution is -2.42. The third-order valence-corrected chi connectivity index (χ3v) is 6.96. The molecule has 1 aromatic rings. The molecular formula is C16H20ClNO5S. The largest absolute Gasteiger partial charge is 0.486 e. The molecule has 1 aliphatic heterocycles. The zero-order valence-electron chi connectivity index (χ0n) is 13.4. The van der Waals surface area contributed by atoms with Crippen molar-refractivity contribution < 1.29 is 22.7 Å². The number of hydrogen-bond acceptors (Lipinski definition) is 5. The van der Waals surface area contributed by atoms with Crippen LogP contribution in [-0.2, 0) is 14.6 Å². The lowest BCUT2D eigenvalue weighted by molar-refractivity contribution is -0.121. The van der Waals surface area contributed by atoms with Crippen molar-refractivity contribution in [2.75, 3.05) is 13.2 Å². The van der Waals surface area contributed by atoms with Gasteiger partial charge < -0.3 is 14.8 Å². The summed E-state index contributed by atoms with van der Waals surface area (Å²) in [4.78, 5) is 12.2. The third-order valence-electron chi connectivity index (χ3n) is 4.44. The highest BCUT2D eigenvalue weighted by atomic mass is 35.5. The zero-order valence-corrected chi connectivity index (χ0v) is 15.0. The molecule has 0 saturated heterocycles. The Balaban J connectivity index is 1.85. The predicted octanol–water partition coefficient (Wildman–Crippen LogP) is 2.33. The van der Waals surface area contributed by atoms with Gasteiger partial charge in [0.25, 0.3) is 0 Å². The van der Waals surface area contributed by atoms with Crippen molar-refractivity contribution in [2.24, 2.45) is 0 Å². The Morgan fingerprint density at radius 2 is 1.79 bits per heavy atom. The Morgan fingerprint density at radius 3 is 2.42 bits per heavy atom. The Bertz CT molecular complexity index is 743. The summed E-state index contributed by atoms with van der Waals surface area (Å²) in [6, 6.07) is 2.82. The maximum atomic E-state index is 12.8. The molecule has 0 aromatic heterocycles. The number of fused-ring (bicyclic) bond motifs is 1. The van der Waals surface area contributed by atoms with Crippen molar-refractivity contribution in [1.82, 2.24) is 5.32 Å². The van der Waals surface area contributed by atoms with E-state index in [2.05, 4.69) is 5.32 Å². The smallest absolute Gasteiger partial charge is 0.238 e. The fraction of sp³-hybridized carbons (Fsp3) is 0.562. The lowest BCUT2D eigenvalue weighted by Gasteiger charge is -2.21. The fourth-order valence-corrected chi connectivity index (χ4v) is 4.79. The van der Waals surface area contributed by atoms with E-state index in [1.54, 1.807) is 0 Å². The average molecular weight is 374 g/mol. The minimum absolute atomic E-state index is 0.0276. The molecule has 3 rings (SSSR count). The Hall–Kier alpha value is -1.47. The van der Waals surface area contributed by atoms with Crippen LogP contribution < -0.4 is 14.8 Å². The van der Waals surface area contributed by atoms with Crippen molar-refractivity contribution in [3.05, 3.63) is 17.2 Å². The maximum absolute atomic E-state index is 12.8. The van der Waals surface area contributed by atoms with Gasteiger partial charge in [-0.25, -0.2) is 8.42 Å². The number of carbonyl (C=O) groups is 1. The van der Waals surface area contributed by atoms with Crippen LogP contribution in [0.4, 0.5) is 0 Å². The number of benzene rings is 1. The second kappa shape index (κ2) is 6.80. The normalized spacial score (nSPS) is 19.1.